The lowest BCUT2D eigenvalue weighted by Crippen LogP contribution is -2.24. The third-order valence-electron chi connectivity index (χ3n) is 1.86. The molecule has 0 unspecified atom stereocenters. The summed E-state index contributed by atoms with van der Waals surface area (Å²) < 4.78 is 5.68. The summed E-state index contributed by atoms with van der Waals surface area (Å²) in [7, 11) is 0. The van der Waals surface area contributed by atoms with Gasteiger partial charge in [0, 0.05) is 5.70 Å². The first kappa shape index (κ1) is 14.1. The van der Waals surface area contributed by atoms with E-state index in [1.54, 1.807) is 0 Å². The molecular weight excluding hydrogens is 186 g/mol. The van der Waals surface area contributed by atoms with Crippen LogP contribution in [-0.2, 0) is 4.74 Å². The molecule has 0 atom stereocenters. The molecule has 0 aromatic rings. The van der Waals surface area contributed by atoms with Gasteiger partial charge in [0.05, 0.1) is 17.9 Å². The average molecular weight is 209 g/mol. The van der Waals surface area contributed by atoms with Gasteiger partial charge in [-0.05, 0) is 47.1 Å². The van der Waals surface area contributed by atoms with Crippen molar-refractivity contribution >= 4 is 5.71 Å². The molecule has 2 nitrogen and oxygen atoms in total. The van der Waals surface area contributed by atoms with Gasteiger partial charge in [-0.2, -0.15) is 0 Å². The van der Waals surface area contributed by atoms with Crippen molar-refractivity contribution < 1.29 is 4.74 Å². The first-order valence-electron chi connectivity index (χ1n) is 5.26. The molecule has 2 heteroatoms. The molecule has 0 N–H and O–H groups in total. The largest absolute Gasteiger partial charge is 0.370 e. The first-order valence-corrected chi connectivity index (χ1v) is 5.26. The normalized spacial score (nSPS) is 14.3. The van der Waals surface area contributed by atoms with Gasteiger partial charge in [-0.3, -0.25) is 4.99 Å². The number of ether oxygens (including phenoxy) is 1. The third kappa shape index (κ3) is 7.09. The monoisotopic (exact) mass is 209 g/mol. The summed E-state index contributed by atoms with van der Waals surface area (Å²) in [4.78, 5) is 4.45. The van der Waals surface area contributed by atoms with Gasteiger partial charge in [0.15, 0.2) is 0 Å². The zero-order chi connectivity index (χ0) is 12.1. The minimum atomic E-state index is -0.139. The van der Waals surface area contributed by atoms with Crippen LogP contribution in [0.4, 0.5) is 0 Å². The minimum absolute atomic E-state index is 0.139. The molecule has 86 valence electrons. The zero-order valence-corrected chi connectivity index (χ0v) is 10.8. The summed E-state index contributed by atoms with van der Waals surface area (Å²) in [5.41, 5.74) is 2.73. The van der Waals surface area contributed by atoms with Crippen LogP contribution in [-0.4, -0.2) is 17.9 Å². The molecule has 0 aromatic heterocycles. The summed E-state index contributed by atoms with van der Waals surface area (Å²) in [6, 6.07) is 0. The van der Waals surface area contributed by atoms with Gasteiger partial charge in [0.2, 0.25) is 0 Å². The van der Waals surface area contributed by atoms with E-state index in [0.717, 1.165) is 17.0 Å². The summed E-state index contributed by atoms with van der Waals surface area (Å²) in [6.07, 6.45) is 1.97. The van der Waals surface area contributed by atoms with Crippen molar-refractivity contribution in [1.29, 1.82) is 0 Å². The smallest absolute Gasteiger partial charge is 0.0897 e. The van der Waals surface area contributed by atoms with Crippen LogP contribution in [0.25, 0.3) is 0 Å². The maximum Gasteiger partial charge on any atom is 0.0897 e. The lowest BCUT2D eigenvalue weighted by molar-refractivity contribution is 0.0214. The molecule has 0 bridgehead atoms. The predicted octanol–water partition coefficient (Wildman–Crippen LogP) is 3.74. The van der Waals surface area contributed by atoms with E-state index in [0.29, 0.717) is 6.61 Å². The average Bonchev–Trinajstić information content (AvgIpc) is 2.09. The number of aliphatic imine (C=N–C) groups is 1. The number of allylic oxidation sites excluding steroid dienone is 2. The van der Waals surface area contributed by atoms with Crippen molar-refractivity contribution in [3.05, 3.63) is 23.9 Å². The highest BCUT2D eigenvalue weighted by Gasteiger charge is 2.12. The van der Waals surface area contributed by atoms with Crippen LogP contribution in [0, 0.1) is 0 Å². The Hall–Kier alpha value is -0.890. The third-order valence-corrected chi connectivity index (χ3v) is 1.86. The topological polar surface area (TPSA) is 21.6 Å². The van der Waals surface area contributed by atoms with Crippen molar-refractivity contribution in [2.75, 3.05) is 6.61 Å². The summed E-state index contributed by atoms with van der Waals surface area (Å²) in [5, 5.41) is 0. The summed E-state index contributed by atoms with van der Waals surface area (Å²) >= 11 is 0. The molecule has 0 radical (unpaired) electrons. The number of rotatable bonds is 4. The molecule has 0 saturated carbocycles. The Morgan fingerprint density at radius 1 is 1.33 bits per heavy atom. The van der Waals surface area contributed by atoms with E-state index in [1.165, 1.54) is 0 Å². The standard InChI is InChI=1S/C13H23NO/c1-8-11(4)14-12(10(2)3)9-15-13(5,6)7/h8H,2,9H2,1,3-7H3/b11-8-,14-12?. The van der Waals surface area contributed by atoms with E-state index in [-0.39, 0.29) is 5.60 Å². The molecule has 0 amide bonds. The van der Waals surface area contributed by atoms with E-state index in [2.05, 4.69) is 11.6 Å². The Morgan fingerprint density at radius 3 is 2.20 bits per heavy atom. The SMILES string of the molecule is C=C(C)C(COC(C)(C)C)=N/C(C)=C\C. The van der Waals surface area contributed by atoms with Crippen LogP contribution < -0.4 is 0 Å². The highest BCUT2D eigenvalue weighted by Crippen LogP contribution is 2.09. The highest BCUT2D eigenvalue weighted by molar-refractivity contribution is 6.00. The van der Waals surface area contributed by atoms with Crippen LogP contribution >= 0.6 is 0 Å². The summed E-state index contributed by atoms with van der Waals surface area (Å²) in [5.74, 6) is 0. The highest BCUT2D eigenvalue weighted by atomic mass is 16.5. The van der Waals surface area contributed by atoms with E-state index < -0.39 is 0 Å². The molecule has 0 aliphatic rings. The number of hydrogen-bond acceptors (Lipinski definition) is 2. The zero-order valence-electron chi connectivity index (χ0n) is 10.8. The lowest BCUT2D eigenvalue weighted by Gasteiger charge is -2.20. The van der Waals surface area contributed by atoms with E-state index in [4.69, 9.17) is 4.74 Å². The molecule has 0 heterocycles. The molecule has 15 heavy (non-hydrogen) atoms. The van der Waals surface area contributed by atoms with Crippen LogP contribution in [0.3, 0.4) is 0 Å². The van der Waals surface area contributed by atoms with Crippen molar-refractivity contribution in [2.45, 2.75) is 47.1 Å². The quantitative estimate of drug-likeness (QED) is 0.646. The van der Waals surface area contributed by atoms with E-state index in [1.807, 2.05) is 47.6 Å². The van der Waals surface area contributed by atoms with Crippen LogP contribution in [0.5, 0.6) is 0 Å². The second-order valence-electron chi connectivity index (χ2n) is 4.67. The van der Waals surface area contributed by atoms with Crippen molar-refractivity contribution in [2.24, 2.45) is 4.99 Å². The molecule has 0 rings (SSSR count). The predicted molar refractivity (Wildman–Crippen MR) is 67.4 cm³/mol. The van der Waals surface area contributed by atoms with Crippen LogP contribution in [0.15, 0.2) is 28.9 Å². The molecule has 0 spiro atoms. The molecule has 0 aliphatic heterocycles. The van der Waals surface area contributed by atoms with Crippen LogP contribution in [0.1, 0.15) is 41.5 Å². The fourth-order valence-corrected chi connectivity index (χ4v) is 0.813. The van der Waals surface area contributed by atoms with Gasteiger partial charge in [-0.1, -0.05) is 12.7 Å². The fourth-order valence-electron chi connectivity index (χ4n) is 0.813. The molecule has 0 fully saturated rings. The second kappa shape index (κ2) is 5.86. The molecule has 0 aromatic carbocycles. The number of hydrogen-bond donors (Lipinski definition) is 0. The molecule has 0 aliphatic carbocycles. The number of nitrogens with zero attached hydrogens (tertiary/aromatic N) is 1. The lowest BCUT2D eigenvalue weighted by atomic mass is 10.1. The van der Waals surface area contributed by atoms with Gasteiger partial charge in [-0.25, -0.2) is 0 Å². The van der Waals surface area contributed by atoms with Gasteiger partial charge < -0.3 is 4.74 Å². The Labute approximate surface area is 93.7 Å². The van der Waals surface area contributed by atoms with Gasteiger partial charge in [0.25, 0.3) is 0 Å². The molecular formula is C13H23NO. The van der Waals surface area contributed by atoms with Gasteiger partial charge >= 0.3 is 0 Å². The minimum Gasteiger partial charge on any atom is -0.370 e. The van der Waals surface area contributed by atoms with Crippen molar-refractivity contribution in [3.8, 4) is 0 Å². The molecule has 0 saturated heterocycles. The Morgan fingerprint density at radius 2 is 1.87 bits per heavy atom. The first-order chi connectivity index (χ1) is 6.76. The van der Waals surface area contributed by atoms with E-state index >= 15 is 0 Å². The Bertz CT molecular complexity index is 279. The van der Waals surface area contributed by atoms with Crippen molar-refractivity contribution in [1.82, 2.24) is 0 Å². The van der Waals surface area contributed by atoms with Gasteiger partial charge in [0.1, 0.15) is 0 Å². The fraction of sp³-hybridized carbons (Fsp3) is 0.615. The Balaban J connectivity index is 4.57. The van der Waals surface area contributed by atoms with Crippen LogP contribution in [0.2, 0.25) is 0 Å². The maximum atomic E-state index is 5.68. The van der Waals surface area contributed by atoms with Gasteiger partial charge in [-0.15, -0.1) is 0 Å². The Kier molecular flexibility index (Phi) is 5.51. The van der Waals surface area contributed by atoms with E-state index in [9.17, 15) is 0 Å². The van der Waals surface area contributed by atoms with Crippen molar-refractivity contribution in [3.63, 3.8) is 0 Å². The maximum absolute atomic E-state index is 5.68. The summed E-state index contributed by atoms with van der Waals surface area (Å²) in [6.45, 7) is 16.4. The second-order valence-corrected chi connectivity index (χ2v) is 4.67.